The number of nitrogens with zero attached hydrogens (tertiary/aromatic N) is 4. The Balaban J connectivity index is 0.00000112. The van der Waals surface area contributed by atoms with Crippen LogP contribution in [0.3, 0.4) is 0 Å². The highest BCUT2D eigenvalue weighted by Gasteiger charge is 2.17. The van der Waals surface area contributed by atoms with Gasteiger partial charge in [0.25, 0.3) is 0 Å². The molecule has 0 aromatic carbocycles. The molecule has 1 aliphatic heterocycles. The number of hydrogen-bond acceptors (Lipinski definition) is 4. The van der Waals surface area contributed by atoms with Crippen LogP contribution in [0.2, 0.25) is 0 Å². The van der Waals surface area contributed by atoms with E-state index < -0.39 is 0 Å². The van der Waals surface area contributed by atoms with Crippen molar-refractivity contribution in [1.29, 1.82) is 0 Å². The van der Waals surface area contributed by atoms with Crippen LogP contribution in [0.5, 0.6) is 0 Å². The summed E-state index contributed by atoms with van der Waals surface area (Å²) in [7, 11) is 1.92. The minimum absolute atomic E-state index is 0. The Hall–Kier alpha value is -0.650. The van der Waals surface area contributed by atoms with Gasteiger partial charge in [-0.3, -0.25) is 9.58 Å². The predicted molar refractivity (Wildman–Crippen MR) is 60.7 cm³/mol. The minimum Gasteiger partial charge on any atom is -0.327 e. The molecule has 0 unspecified atom stereocenters. The molecule has 2 N–H and O–H groups in total. The third-order valence-corrected chi connectivity index (χ3v) is 2.74. The second-order valence-electron chi connectivity index (χ2n) is 3.99. The summed E-state index contributed by atoms with van der Waals surface area (Å²) in [6, 6.07) is 0.338. The highest BCUT2D eigenvalue weighted by atomic mass is 35.5. The molecule has 0 saturated carbocycles. The molecule has 0 radical (unpaired) electrons. The van der Waals surface area contributed by atoms with Crippen molar-refractivity contribution in [3.05, 3.63) is 11.9 Å². The molecule has 1 atom stereocenters. The van der Waals surface area contributed by atoms with Crippen LogP contribution in [0.25, 0.3) is 0 Å². The van der Waals surface area contributed by atoms with Crippen molar-refractivity contribution in [1.82, 2.24) is 19.9 Å². The maximum Gasteiger partial charge on any atom is 0.0738 e. The Labute approximate surface area is 96.0 Å². The highest BCUT2D eigenvalue weighted by molar-refractivity contribution is 5.85. The molecule has 6 heteroatoms. The summed E-state index contributed by atoms with van der Waals surface area (Å²) in [6.07, 6.45) is 4.17. The van der Waals surface area contributed by atoms with Gasteiger partial charge in [-0.1, -0.05) is 5.21 Å². The topological polar surface area (TPSA) is 60.0 Å². The molecule has 2 rings (SSSR count). The van der Waals surface area contributed by atoms with Crippen LogP contribution in [0.15, 0.2) is 6.20 Å². The average molecular weight is 232 g/mol. The molecule has 0 spiro atoms. The van der Waals surface area contributed by atoms with E-state index in [0.29, 0.717) is 6.04 Å². The summed E-state index contributed by atoms with van der Waals surface area (Å²) in [4.78, 5) is 2.37. The summed E-state index contributed by atoms with van der Waals surface area (Å²) in [5.41, 5.74) is 7.06. The molecule has 15 heavy (non-hydrogen) atoms. The molecule has 1 fully saturated rings. The van der Waals surface area contributed by atoms with Gasteiger partial charge in [-0.05, 0) is 19.4 Å². The Bertz CT molecular complexity index is 300. The molecule has 2 heterocycles. The Kier molecular flexibility index (Phi) is 4.50. The zero-order valence-corrected chi connectivity index (χ0v) is 9.78. The minimum atomic E-state index is 0. The third-order valence-electron chi connectivity index (χ3n) is 2.74. The van der Waals surface area contributed by atoms with Gasteiger partial charge in [-0.15, -0.1) is 17.5 Å². The summed E-state index contributed by atoms with van der Waals surface area (Å²) >= 11 is 0. The maximum atomic E-state index is 5.91. The van der Waals surface area contributed by atoms with E-state index in [1.807, 2.05) is 17.9 Å². The second-order valence-corrected chi connectivity index (χ2v) is 3.99. The summed E-state index contributed by atoms with van der Waals surface area (Å²) in [5.74, 6) is 0. The van der Waals surface area contributed by atoms with Crippen LogP contribution < -0.4 is 5.73 Å². The van der Waals surface area contributed by atoms with Crippen molar-refractivity contribution in [3.63, 3.8) is 0 Å². The van der Waals surface area contributed by atoms with Crippen LogP contribution in [0.1, 0.15) is 18.5 Å². The van der Waals surface area contributed by atoms with Crippen LogP contribution in [0, 0.1) is 0 Å². The van der Waals surface area contributed by atoms with Gasteiger partial charge in [0.1, 0.15) is 0 Å². The van der Waals surface area contributed by atoms with Gasteiger partial charge in [0.05, 0.1) is 11.9 Å². The van der Waals surface area contributed by atoms with Crippen molar-refractivity contribution in [2.45, 2.75) is 25.4 Å². The number of halogens is 1. The van der Waals surface area contributed by atoms with Crippen molar-refractivity contribution in [3.8, 4) is 0 Å². The van der Waals surface area contributed by atoms with Gasteiger partial charge < -0.3 is 5.73 Å². The van der Waals surface area contributed by atoms with Crippen molar-refractivity contribution >= 4 is 12.4 Å². The molecular formula is C9H18ClN5. The summed E-state index contributed by atoms with van der Waals surface area (Å²) in [6.45, 7) is 3.04. The summed E-state index contributed by atoms with van der Waals surface area (Å²) < 4.78 is 1.82. The van der Waals surface area contributed by atoms with Gasteiger partial charge in [0, 0.05) is 26.2 Å². The van der Waals surface area contributed by atoms with E-state index in [-0.39, 0.29) is 12.4 Å². The molecule has 86 valence electrons. The fourth-order valence-corrected chi connectivity index (χ4v) is 1.92. The van der Waals surface area contributed by atoms with Crippen LogP contribution in [-0.2, 0) is 13.6 Å². The van der Waals surface area contributed by atoms with Crippen molar-refractivity contribution in [2.24, 2.45) is 12.8 Å². The van der Waals surface area contributed by atoms with E-state index in [1.165, 1.54) is 6.42 Å². The van der Waals surface area contributed by atoms with Gasteiger partial charge in [-0.2, -0.15) is 0 Å². The molecule has 1 saturated heterocycles. The molecular weight excluding hydrogens is 214 g/mol. The number of hydrogen-bond donors (Lipinski definition) is 1. The largest absolute Gasteiger partial charge is 0.327 e. The SMILES string of the molecule is Cl.Cn1nncc1CN1CCC[C@@H](N)C1. The number of aromatic nitrogens is 3. The maximum absolute atomic E-state index is 5.91. The average Bonchev–Trinajstić information content (AvgIpc) is 2.52. The molecule has 5 nitrogen and oxygen atoms in total. The van der Waals surface area contributed by atoms with Crippen molar-refractivity contribution < 1.29 is 0 Å². The zero-order valence-electron chi connectivity index (χ0n) is 8.96. The molecule has 0 bridgehead atoms. The summed E-state index contributed by atoms with van der Waals surface area (Å²) in [5, 5.41) is 7.77. The van der Waals surface area contributed by atoms with Crippen LogP contribution >= 0.6 is 12.4 Å². The molecule has 1 aliphatic rings. The number of rotatable bonds is 2. The quantitative estimate of drug-likeness (QED) is 0.788. The van der Waals surface area contributed by atoms with Crippen LogP contribution in [0.4, 0.5) is 0 Å². The lowest BCUT2D eigenvalue weighted by atomic mass is 10.1. The van der Waals surface area contributed by atoms with E-state index in [4.69, 9.17) is 5.73 Å². The highest BCUT2D eigenvalue weighted by Crippen LogP contribution is 2.11. The van der Waals surface area contributed by atoms with Gasteiger partial charge >= 0.3 is 0 Å². The van der Waals surface area contributed by atoms with E-state index >= 15 is 0 Å². The standard InChI is InChI=1S/C9H17N5.ClH/c1-13-9(5-11-12-13)7-14-4-2-3-8(10)6-14;/h5,8H,2-4,6-7,10H2,1H3;1H/t8-;/m1./s1. The lowest BCUT2D eigenvalue weighted by Gasteiger charge is -2.30. The van der Waals surface area contributed by atoms with Crippen molar-refractivity contribution in [2.75, 3.05) is 13.1 Å². The second kappa shape index (κ2) is 5.44. The van der Waals surface area contributed by atoms with E-state index in [2.05, 4.69) is 15.2 Å². The Morgan fingerprint density at radius 3 is 3.00 bits per heavy atom. The van der Waals surface area contributed by atoms with Gasteiger partial charge in [0.2, 0.25) is 0 Å². The third kappa shape index (κ3) is 3.15. The van der Waals surface area contributed by atoms with Gasteiger partial charge in [-0.25, -0.2) is 0 Å². The number of nitrogens with two attached hydrogens (primary N) is 1. The first kappa shape index (κ1) is 12.4. The first-order valence-corrected chi connectivity index (χ1v) is 5.07. The predicted octanol–water partition coefficient (Wildman–Crippen LogP) is 0.160. The van der Waals surface area contributed by atoms with Crippen LogP contribution in [-0.4, -0.2) is 39.0 Å². The fourth-order valence-electron chi connectivity index (χ4n) is 1.92. The molecule has 0 aliphatic carbocycles. The number of aryl methyl sites for hydroxylation is 1. The monoisotopic (exact) mass is 231 g/mol. The van der Waals surface area contributed by atoms with E-state index in [1.54, 1.807) is 0 Å². The first-order chi connectivity index (χ1) is 6.75. The molecule has 0 amide bonds. The molecule has 1 aromatic rings. The molecule has 1 aromatic heterocycles. The Morgan fingerprint density at radius 2 is 2.40 bits per heavy atom. The number of likely N-dealkylation sites (tertiary alicyclic amines) is 1. The lowest BCUT2D eigenvalue weighted by molar-refractivity contribution is 0.197. The lowest BCUT2D eigenvalue weighted by Crippen LogP contribution is -2.42. The zero-order chi connectivity index (χ0) is 9.97. The fraction of sp³-hybridized carbons (Fsp3) is 0.778. The number of piperidine rings is 1. The van der Waals surface area contributed by atoms with E-state index in [9.17, 15) is 0 Å². The van der Waals surface area contributed by atoms with E-state index in [0.717, 1.165) is 31.7 Å². The Morgan fingerprint density at radius 1 is 1.60 bits per heavy atom. The van der Waals surface area contributed by atoms with Gasteiger partial charge in [0.15, 0.2) is 0 Å². The first-order valence-electron chi connectivity index (χ1n) is 5.07. The normalized spacial score (nSPS) is 22.4. The smallest absolute Gasteiger partial charge is 0.0738 e.